The third kappa shape index (κ3) is 3.30. The van der Waals surface area contributed by atoms with Crippen molar-refractivity contribution in [3.8, 4) is 0 Å². The first-order valence-electron chi connectivity index (χ1n) is 7.94. The molecule has 0 heteroatoms. The van der Waals surface area contributed by atoms with E-state index >= 15 is 0 Å². The second kappa shape index (κ2) is 6.26. The molecule has 0 bridgehead atoms. The molecular weight excluding hydrogens is 240 g/mol. The lowest BCUT2D eigenvalue weighted by Gasteiger charge is -2.38. The Hall–Kier alpha value is -1.56. The van der Waals surface area contributed by atoms with Gasteiger partial charge in [-0.15, -0.1) is 0 Å². The molecule has 0 amide bonds. The maximum Gasteiger partial charge on any atom is -0.0217 e. The summed E-state index contributed by atoms with van der Waals surface area (Å²) in [4.78, 5) is 0. The molecule has 104 valence electrons. The highest BCUT2D eigenvalue weighted by atomic mass is 14.4. The highest BCUT2D eigenvalue weighted by molar-refractivity contribution is 5.21. The summed E-state index contributed by atoms with van der Waals surface area (Å²) >= 11 is 0. The molecule has 2 aromatic rings. The van der Waals surface area contributed by atoms with Crippen LogP contribution in [0.3, 0.4) is 0 Å². The van der Waals surface area contributed by atoms with Crippen LogP contribution in [0, 0.1) is 5.41 Å². The summed E-state index contributed by atoms with van der Waals surface area (Å²) in [6.45, 7) is 0. The third-order valence-corrected chi connectivity index (χ3v) is 4.76. The van der Waals surface area contributed by atoms with Gasteiger partial charge in [-0.1, -0.05) is 79.9 Å². The molecule has 2 aromatic carbocycles. The molecule has 0 radical (unpaired) electrons. The number of rotatable bonds is 4. The van der Waals surface area contributed by atoms with Crippen molar-refractivity contribution >= 4 is 0 Å². The fraction of sp³-hybridized carbons (Fsp3) is 0.400. The van der Waals surface area contributed by atoms with E-state index in [9.17, 15) is 0 Å². The van der Waals surface area contributed by atoms with Crippen molar-refractivity contribution in [2.24, 2.45) is 5.41 Å². The van der Waals surface area contributed by atoms with E-state index in [2.05, 4.69) is 60.7 Å². The van der Waals surface area contributed by atoms with E-state index < -0.39 is 0 Å². The number of hydrogen-bond donors (Lipinski definition) is 0. The Bertz CT molecular complexity index is 463. The quantitative estimate of drug-likeness (QED) is 0.691. The fourth-order valence-corrected chi connectivity index (χ4v) is 3.78. The summed E-state index contributed by atoms with van der Waals surface area (Å²) in [7, 11) is 0. The van der Waals surface area contributed by atoms with Gasteiger partial charge < -0.3 is 0 Å². The normalized spacial score (nSPS) is 17.8. The lowest BCUT2D eigenvalue weighted by molar-refractivity contribution is 0.186. The lowest BCUT2D eigenvalue weighted by atomic mass is 9.67. The minimum atomic E-state index is 0.487. The zero-order valence-electron chi connectivity index (χ0n) is 12.2. The molecule has 0 nitrogen and oxygen atoms in total. The Morgan fingerprint density at radius 2 is 1.05 bits per heavy atom. The van der Waals surface area contributed by atoms with Gasteiger partial charge in [0.2, 0.25) is 0 Å². The Morgan fingerprint density at radius 1 is 0.600 bits per heavy atom. The average Bonchev–Trinajstić information content (AvgIpc) is 2.50. The minimum absolute atomic E-state index is 0.487. The average molecular weight is 264 g/mol. The first kappa shape index (κ1) is 13.4. The van der Waals surface area contributed by atoms with E-state index in [0.29, 0.717) is 5.41 Å². The molecule has 0 N–H and O–H groups in total. The molecule has 0 saturated heterocycles. The van der Waals surface area contributed by atoms with Crippen LogP contribution in [-0.2, 0) is 12.8 Å². The molecule has 1 saturated carbocycles. The molecule has 0 heterocycles. The van der Waals surface area contributed by atoms with Crippen molar-refractivity contribution in [2.75, 3.05) is 0 Å². The minimum Gasteiger partial charge on any atom is -0.0622 e. The van der Waals surface area contributed by atoms with Gasteiger partial charge >= 0.3 is 0 Å². The molecule has 0 aliphatic heterocycles. The predicted molar refractivity (Wildman–Crippen MR) is 85.8 cm³/mol. The topological polar surface area (TPSA) is 0 Å². The van der Waals surface area contributed by atoms with E-state index in [-0.39, 0.29) is 0 Å². The van der Waals surface area contributed by atoms with Crippen molar-refractivity contribution in [3.63, 3.8) is 0 Å². The van der Waals surface area contributed by atoms with Crippen LogP contribution in [0.5, 0.6) is 0 Å². The standard InChI is InChI=1S/C20H24/c1-4-10-18(11-5-1)16-20(14-8-3-9-15-20)17-19-12-6-2-7-13-19/h1-2,4-7,10-13H,3,8-9,14-17H2. The fourth-order valence-electron chi connectivity index (χ4n) is 3.78. The van der Waals surface area contributed by atoms with Crippen molar-refractivity contribution in [2.45, 2.75) is 44.9 Å². The van der Waals surface area contributed by atoms with Gasteiger partial charge in [-0.05, 0) is 42.2 Å². The molecule has 0 atom stereocenters. The highest BCUT2D eigenvalue weighted by Crippen LogP contribution is 2.42. The molecular formula is C20H24. The van der Waals surface area contributed by atoms with Crippen molar-refractivity contribution in [3.05, 3.63) is 71.8 Å². The summed E-state index contributed by atoms with van der Waals surface area (Å²) in [5.41, 5.74) is 3.50. The van der Waals surface area contributed by atoms with E-state index in [4.69, 9.17) is 0 Å². The van der Waals surface area contributed by atoms with Crippen LogP contribution in [-0.4, -0.2) is 0 Å². The van der Waals surface area contributed by atoms with Gasteiger partial charge in [-0.25, -0.2) is 0 Å². The maximum absolute atomic E-state index is 2.29. The third-order valence-electron chi connectivity index (χ3n) is 4.76. The molecule has 1 fully saturated rings. The second-order valence-electron chi connectivity index (χ2n) is 6.39. The van der Waals surface area contributed by atoms with Crippen LogP contribution in [0.2, 0.25) is 0 Å². The molecule has 1 aliphatic carbocycles. The first-order valence-corrected chi connectivity index (χ1v) is 7.94. The van der Waals surface area contributed by atoms with Crippen molar-refractivity contribution < 1.29 is 0 Å². The van der Waals surface area contributed by atoms with Crippen LogP contribution in [0.25, 0.3) is 0 Å². The number of hydrogen-bond acceptors (Lipinski definition) is 0. The zero-order chi connectivity index (χ0) is 13.7. The van der Waals surface area contributed by atoms with Crippen LogP contribution in [0.4, 0.5) is 0 Å². The second-order valence-corrected chi connectivity index (χ2v) is 6.39. The number of benzene rings is 2. The van der Waals surface area contributed by atoms with Crippen LogP contribution < -0.4 is 0 Å². The Balaban J connectivity index is 1.81. The summed E-state index contributed by atoms with van der Waals surface area (Å²) < 4.78 is 0. The van der Waals surface area contributed by atoms with Crippen LogP contribution in [0.1, 0.15) is 43.2 Å². The summed E-state index contributed by atoms with van der Waals surface area (Å²) in [6, 6.07) is 22.1. The summed E-state index contributed by atoms with van der Waals surface area (Å²) in [5.74, 6) is 0. The van der Waals surface area contributed by atoms with Crippen molar-refractivity contribution in [1.29, 1.82) is 0 Å². The molecule has 1 aliphatic rings. The smallest absolute Gasteiger partial charge is 0.0217 e. The first-order chi connectivity index (χ1) is 9.86. The van der Waals surface area contributed by atoms with Crippen LogP contribution >= 0.6 is 0 Å². The van der Waals surface area contributed by atoms with Gasteiger partial charge in [-0.3, -0.25) is 0 Å². The molecule has 0 unspecified atom stereocenters. The zero-order valence-corrected chi connectivity index (χ0v) is 12.2. The van der Waals surface area contributed by atoms with E-state index in [1.807, 2.05) is 0 Å². The molecule has 0 aromatic heterocycles. The highest BCUT2D eigenvalue weighted by Gasteiger charge is 2.32. The van der Waals surface area contributed by atoms with Gasteiger partial charge in [0.25, 0.3) is 0 Å². The van der Waals surface area contributed by atoms with Gasteiger partial charge in [0.1, 0.15) is 0 Å². The molecule has 3 rings (SSSR count). The lowest BCUT2D eigenvalue weighted by Crippen LogP contribution is -2.29. The van der Waals surface area contributed by atoms with Crippen molar-refractivity contribution in [1.82, 2.24) is 0 Å². The Morgan fingerprint density at radius 3 is 1.50 bits per heavy atom. The van der Waals surface area contributed by atoms with Gasteiger partial charge in [-0.2, -0.15) is 0 Å². The SMILES string of the molecule is c1ccc(CC2(Cc3ccccc3)CCCCC2)cc1. The van der Waals surface area contributed by atoms with Gasteiger partial charge in [0, 0.05) is 0 Å². The molecule has 20 heavy (non-hydrogen) atoms. The molecule has 0 spiro atoms. The summed E-state index contributed by atoms with van der Waals surface area (Å²) in [6.07, 6.45) is 9.48. The summed E-state index contributed by atoms with van der Waals surface area (Å²) in [5, 5.41) is 0. The Labute approximate surface area is 122 Å². The van der Waals surface area contributed by atoms with E-state index in [0.717, 1.165) is 0 Å². The maximum atomic E-state index is 2.29. The van der Waals surface area contributed by atoms with E-state index in [1.165, 1.54) is 56.1 Å². The predicted octanol–water partition coefficient (Wildman–Crippen LogP) is 5.42. The largest absolute Gasteiger partial charge is 0.0622 e. The van der Waals surface area contributed by atoms with E-state index in [1.54, 1.807) is 0 Å². The monoisotopic (exact) mass is 264 g/mol. The van der Waals surface area contributed by atoms with Gasteiger partial charge in [0.05, 0.1) is 0 Å². The van der Waals surface area contributed by atoms with Crippen LogP contribution in [0.15, 0.2) is 60.7 Å². The Kier molecular flexibility index (Phi) is 4.20. The van der Waals surface area contributed by atoms with Gasteiger partial charge in [0.15, 0.2) is 0 Å².